The fourth-order valence-corrected chi connectivity index (χ4v) is 2.74. The van der Waals surface area contributed by atoms with Crippen molar-refractivity contribution in [2.24, 2.45) is 0 Å². The summed E-state index contributed by atoms with van der Waals surface area (Å²) in [5.41, 5.74) is 1.79. The van der Waals surface area contributed by atoms with Crippen molar-refractivity contribution in [3.63, 3.8) is 0 Å². The summed E-state index contributed by atoms with van der Waals surface area (Å²) >= 11 is 0. The number of carbonyl (C=O) groups is 2. The maximum absolute atomic E-state index is 13.1. The summed E-state index contributed by atoms with van der Waals surface area (Å²) in [7, 11) is 0. The molecule has 0 saturated carbocycles. The van der Waals surface area contributed by atoms with E-state index < -0.39 is 6.04 Å². The van der Waals surface area contributed by atoms with E-state index in [1.807, 2.05) is 30.3 Å². The molecular weight excluding hydrogens is 347 g/mol. The Morgan fingerprint density at radius 2 is 1.74 bits per heavy atom. The van der Waals surface area contributed by atoms with E-state index in [9.17, 15) is 14.0 Å². The minimum Gasteiger partial charge on any atom is -0.395 e. The molecule has 0 fully saturated rings. The molecule has 0 saturated heterocycles. The van der Waals surface area contributed by atoms with E-state index in [1.54, 1.807) is 19.1 Å². The van der Waals surface area contributed by atoms with Crippen molar-refractivity contribution in [3.05, 3.63) is 71.5 Å². The van der Waals surface area contributed by atoms with Crippen LogP contribution in [0.5, 0.6) is 0 Å². The number of carbonyl (C=O) groups excluding carboxylic acids is 2. The highest BCUT2D eigenvalue weighted by Gasteiger charge is 2.25. The Labute approximate surface area is 158 Å². The minimum absolute atomic E-state index is 0.131. The first-order valence-corrected chi connectivity index (χ1v) is 8.97. The predicted octanol–water partition coefficient (Wildman–Crippen LogP) is 2.28. The third kappa shape index (κ3) is 6.49. The molecule has 0 aliphatic heterocycles. The molecule has 2 aromatic rings. The van der Waals surface area contributed by atoms with E-state index in [0.717, 1.165) is 11.1 Å². The van der Waals surface area contributed by atoms with E-state index in [0.29, 0.717) is 6.42 Å². The third-order valence-electron chi connectivity index (χ3n) is 4.31. The quantitative estimate of drug-likeness (QED) is 0.710. The molecule has 144 valence electrons. The fraction of sp³-hybridized carbons (Fsp3) is 0.333. The van der Waals surface area contributed by atoms with E-state index in [-0.39, 0.29) is 43.7 Å². The van der Waals surface area contributed by atoms with Crippen LogP contribution in [-0.2, 0) is 22.6 Å². The van der Waals surface area contributed by atoms with Crippen LogP contribution in [0.4, 0.5) is 4.39 Å². The molecule has 1 atom stereocenters. The normalized spacial score (nSPS) is 11.7. The zero-order valence-electron chi connectivity index (χ0n) is 15.4. The summed E-state index contributed by atoms with van der Waals surface area (Å²) in [4.78, 5) is 26.6. The molecule has 2 amide bonds. The molecule has 5 nitrogen and oxygen atoms in total. The van der Waals surface area contributed by atoms with Crippen molar-refractivity contribution in [1.82, 2.24) is 10.2 Å². The van der Waals surface area contributed by atoms with Crippen LogP contribution in [0.3, 0.4) is 0 Å². The average Bonchev–Trinajstić information content (AvgIpc) is 2.70. The second-order valence-corrected chi connectivity index (χ2v) is 6.32. The van der Waals surface area contributed by atoms with Gasteiger partial charge in [0.05, 0.1) is 6.61 Å². The van der Waals surface area contributed by atoms with E-state index in [1.165, 1.54) is 17.0 Å². The van der Waals surface area contributed by atoms with Gasteiger partial charge in [0.1, 0.15) is 11.9 Å². The van der Waals surface area contributed by atoms with Crippen LogP contribution in [-0.4, -0.2) is 41.0 Å². The summed E-state index contributed by atoms with van der Waals surface area (Å²) in [6, 6.07) is 14.8. The monoisotopic (exact) mass is 372 g/mol. The SMILES string of the molecule is CC(C(=O)NCCO)N(Cc1ccc(F)cc1)C(=O)CCc1ccccc1. The molecule has 2 rings (SSSR count). The molecule has 27 heavy (non-hydrogen) atoms. The van der Waals surface area contributed by atoms with Gasteiger partial charge in [-0.2, -0.15) is 0 Å². The maximum Gasteiger partial charge on any atom is 0.242 e. The highest BCUT2D eigenvalue weighted by molar-refractivity contribution is 5.87. The number of hydrogen-bond donors (Lipinski definition) is 2. The lowest BCUT2D eigenvalue weighted by Gasteiger charge is -2.29. The zero-order chi connectivity index (χ0) is 19.6. The Morgan fingerprint density at radius 1 is 1.07 bits per heavy atom. The van der Waals surface area contributed by atoms with Gasteiger partial charge in [-0.15, -0.1) is 0 Å². The fourth-order valence-electron chi connectivity index (χ4n) is 2.74. The van der Waals surface area contributed by atoms with E-state index in [4.69, 9.17) is 5.11 Å². The number of nitrogens with one attached hydrogen (secondary N) is 1. The Kier molecular flexibility index (Phi) is 7.95. The van der Waals surface area contributed by atoms with Crippen molar-refractivity contribution in [1.29, 1.82) is 0 Å². The Hall–Kier alpha value is -2.73. The van der Waals surface area contributed by atoms with Crippen LogP contribution >= 0.6 is 0 Å². The predicted molar refractivity (Wildman–Crippen MR) is 101 cm³/mol. The molecule has 0 radical (unpaired) electrons. The Morgan fingerprint density at radius 3 is 2.37 bits per heavy atom. The van der Waals surface area contributed by atoms with Gasteiger partial charge < -0.3 is 15.3 Å². The lowest BCUT2D eigenvalue weighted by atomic mass is 10.1. The highest BCUT2D eigenvalue weighted by Crippen LogP contribution is 2.13. The van der Waals surface area contributed by atoms with Gasteiger partial charge in [-0.05, 0) is 36.6 Å². The highest BCUT2D eigenvalue weighted by atomic mass is 19.1. The van der Waals surface area contributed by atoms with E-state index >= 15 is 0 Å². The molecule has 2 N–H and O–H groups in total. The number of aryl methyl sites for hydroxylation is 1. The van der Waals surface area contributed by atoms with Crippen molar-refractivity contribution in [3.8, 4) is 0 Å². The Balaban J connectivity index is 2.10. The standard InChI is InChI=1S/C21H25FN2O3/c1-16(21(27)23-13-14-25)24(15-18-7-10-19(22)11-8-18)20(26)12-9-17-5-3-2-4-6-17/h2-8,10-11,16,25H,9,12-15H2,1H3,(H,23,27). The number of nitrogens with zero attached hydrogens (tertiary/aromatic N) is 1. The molecule has 0 aliphatic carbocycles. The van der Waals surface area contributed by atoms with Crippen LogP contribution < -0.4 is 5.32 Å². The number of amides is 2. The van der Waals surface area contributed by atoms with Gasteiger partial charge in [-0.1, -0.05) is 42.5 Å². The van der Waals surface area contributed by atoms with Crippen LogP contribution in [0.25, 0.3) is 0 Å². The van der Waals surface area contributed by atoms with Gasteiger partial charge in [0, 0.05) is 19.5 Å². The first kappa shape index (κ1) is 20.6. The van der Waals surface area contributed by atoms with Gasteiger partial charge >= 0.3 is 0 Å². The first-order valence-electron chi connectivity index (χ1n) is 8.97. The summed E-state index contributed by atoms with van der Waals surface area (Å²) in [5, 5.41) is 11.5. The molecule has 0 aromatic heterocycles. The minimum atomic E-state index is -0.704. The molecule has 0 spiro atoms. The number of aliphatic hydroxyl groups excluding tert-OH is 1. The second kappa shape index (κ2) is 10.4. The van der Waals surface area contributed by atoms with Crippen molar-refractivity contribution < 1.29 is 19.1 Å². The molecule has 2 aromatic carbocycles. The number of rotatable bonds is 9. The van der Waals surface area contributed by atoms with E-state index in [2.05, 4.69) is 5.32 Å². The van der Waals surface area contributed by atoms with Gasteiger partial charge in [0.25, 0.3) is 0 Å². The smallest absolute Gasteiger partial charge is 0.242 e. The van der Waals surface area contributed by atoms with Crippen LogP contribution in [0.15, 0.2) is 54.6 Å². The Bertz CT molecular complexity index is 735. The largest absolute Gasteiger partial charge is 0.395 e. The zero-order valence-corrected chi connectivity index (χ0v) is 15.4. The number of aliphatic hydroxyl groups is 1. The lowest BCUT2D eigenvalue weighted by molar-refractivity contribution is -0.140. The topological polar surface area (TPSA) is 69.6 Å². The maximum atomic E-state index is 13.1. The summed E-state index contributed by atoms with van der Waals surface area (Å²) in [6.07, 6.45) is 0.841. The summed E-state index contributed by atoms with van der Waals surface area (Å²) in [5.74, 6) is -0.844. The molecule has 1 unspecified atom stereocenters. The van der Waals surface area contributed by atoms with Gasteiger partial charge in [-0.25, -0.2) is 4.39 Å². The molecular formula is C21H25FN2O3. The first-order chi connectivity index (χ1) is 13.0. The number of benzene rings is 2. The second-order valence-electron chi connectivity index (χ2n) is 6.32. The van der Waals surface area contributed by atoms with Gasteiger partial charge in [0.2, 0.25) is 11.8 Å². The number of halogens is 1. The van der Waals surface area contributed by atoms with Crippen LogP contribution in [0.1, 0.15) is 24.5 Å². The lowest BCUT2D eigenvalue weighted by Crippen LogP contribution is -2.48. The average molecular weight is 372 g/mol. The summed E-state index contributed by atoms with van der Waals surface area (Å²) in [6.45, 7) is 1.82. The van der Waals surface area contributed by atoms with Crippen LogP contribution in [0.2, 0.25) is 0 Å². The van der Waals surface area contributed by atoms with Crippen molar-refractivity contribution in [2.45, 2.75) is 32.4 Å². The van der Waals surface area contributed by atoms with Crippen molar-refractivity contribution >= 4 is 11.8 Å². The van der Waals surface area contributed by atoms with Crippen LogP contribution in [0, 0.1) is 5.82 Å². The van der Waals surface area contributed by atoms with Gasteiger partial charge in [-0.3, -0.25) is 9.59 Å². The number of hydrogen-bond acceptors (Lipinski definition) is 3. The molecule has 0 bridgehead atoms. The molecule has 0 aliphatic rings. The third-order valence-corrected chi connectivity index (χ3v) is 4.31. The molecule has 6 heteroatoms. The summed E-state index contributed by atoms with van der Waals surface area (Å²) < 4.78 is 13.1. The molecule has 0 heterocycles. The van der Waals surface area contributed by atoms with Gasteiger partial charge in [0.15, 0.2) is 0 Å². The van der Waals surface area contributed by atoms with Crippen molar-refractivity contribution in [2.75, 3.05) is 13.2 Å².